The normalized spacial score (nSPS) is 14.5. The number of fused-ring (bicyclic) bond motifs is 1. The molecule has 0 radical (unpaired) electrons. The van der Waals surface area contributed by atoms with E-state index in [2.05, 4.69) is 45.5 Å². The van der Waals surface area contributed by atoms with E-state index in [-0.39, 0.29) is 0 Å². The predicted molar refractivity (Wildman–Crippen MR) is 84.7 cm³/mol. The summed E-state index contributed by atoms with van der Waals surface area (Å²) in [6.45, 7) is 6.39. The number of nitrogens with zero attached hydrogens (tertiary/aromatic N) is 3. The Labute approximate surface area is 123 Å². The third kappa shape index (κ3) is 2.26. The van der Waals surface area contributed by atoms with Crippen molar-refractivity contribution in [2.75, 3.05) is 23.8 Å². The van der Waals surface area contributed by atoms with Gasteiger partial charge in [0.15, 0.2) is 0 Å². The monoisotopic (exact) mass is 288 g/mol. The van der Waals surface area contributed by atoms with Gasteiger partial charge in [0.25, 0.3) is 0 Å². The molecule has 20 heavy (non-hydrogen) atoms. The van der Waals surface area contributed by atoms with Crippen molar-refractivity contribution in [3.05, 3.63) is 33.8 Å². The molecule has 3 rings (SSSR count). The Kier molecular flexibility index (Phi) is 3.61. The molecule has 0 saturated heterocycles. The first-order valence-corrected chi connectivity index (χ1v) is 7.91. The first-order valence-electron chi connectivity index (χ1n) is 7.03. The summed E-state index contributed by atoms with van der Waals surface area (Å²) in [7, 11) is 1.92. The van der Waals surface area contributed by atoms with Gasteiger partial charge in [-0.1, -0.05) is 13.8 Å². The van der Waals surface area contributed by atoms with E-state index >= 15 is 0 Å². The maximum atomic E-state index is 4.57. The standard InChI is InChI=1S/C15H20N4S/c1-10(2)13-14(16-3)17-9-18-15(13)19-6-4-12-11(8-19)5-7-20-12/h5,7,9-10H,4,6,8H2,1-3H3,(H,16,17,18). The van der Waals surface area contributed by atoms with Crippen molar-refractivity contribution in [2.45, 2.75) is 32.7 Å². The molecule has 0 atom stereocenters. The highest BCUT2D eigenvalue weighted by molar-refractivity contribution is 7.10. The van der Waals surface area contributed by atoms with Crippen molar-refractivity contribution in [1.82, 2.24) is 9.97 Å². The van der Waals surface area contributed by atoms with Gasteiger partial charge in [-0.15, -0.1) is 11.3 Å². The molecule has 1 aliphatic heterocycles. The van der Waals surface area contributed by atoms with Gasteiger partial charge in [0.05, 0.1) is 0 Å². The maximum absolute atomic E-state index is 4.57. The third-order valence-corrected chi connectivity index (χ3v) is 4.81. The Morgan fingerprint density at radius 1 is 1.35 bits per heavy atom. The van der Waals surface area contributed by atoms with Crippen molar-refractivity contribution >= 4 is 23.0 Å². The molecule has 0 saturated carbocycles. The molecule has 1 N–H and O–H groups in total. The average Bonchev–Trinajstić information content (AvgIpc) is 2.93. The molecule has 0 aliphatic carbocycles. The molecule has 0 fully saturated rings. The second kappa shape index (κ2) is 5.40. The molecule has 0 unspecified atom stereocenters. The summed E-state index contributed by atoms with van der Waals surface area (Å²) in [5.41, 5.74) is 2.66. The molecule has 1 aliphatic rings. The molecule has 106 valence electrons. The van der Waals surface area contributed by atoms with Gasteiger partial charge in [0, 0.05) is 30.6 Å². The summed E-state index contributed by atoms with van der Waals surface area (Å²) in [4.78, 5) is 12.8. The van der Waals surface area contributed by atoms with E-state index in [0.717, 1.165) is 31.1 Å². The molecule has 5 heteroatoms. The van der Waals surface area contributed by atoms with Gasteiger partial charge in [-0.2, -0.15) is 0 Å². The van der Waals surface area contributed by atoms with E-state index in [1.807, 2.05) is 18.4 Å². The van der Waals surface area contributed by atoms with Crippen molar-refractivity contribution in [3.8, 4) is 0 Å². The van der Waals surface area contributed by atoms with Gasteiger partial charge < -0.3 is 10.2 Å². The lowest BCUT2D eigenvalue weighted by Gasteiger charge is -2.30. The molecule has 0 spiro atoms. The number of nitrogens with one attached hydrogen (secondary N) is 1. The Morgan fingerprint density at radius 2 is 2.20 bits per heavy atom. The minimum absolute atomic E-state index is 0.400. The quantitative estimate of drug-likeness (QED) is 0.941. The minimum Gasteiger partial charge on any atom is -0.373 e. The molecule has 0 bridgehead atoms. The van der Waals surface area contributed by atoms with Crippen molar-refractivity contribution in [3.63, 3.8) is 0 Å². The van der Waals surface area contributed by atoms with Crippen LogP contribution < -0.4 is 10.2 Å². The van der Waals surface area contributed by atoms with E-state index in [9.17, 15) is 0 Å². The molecule has 0 amide bonds. The number of thiophene rings is 1. The fourth-order valence-corrected chi connectivity index (χ4v) is 3.69. The zero-order valence-corrected chi connectivity index (χ0v) is 13.0. The predicted octanol–water partition coefficient (Wildman–Crippen LogP) is 3.27. The largest absolute Gasteiger partial charge is 0.373 e. The molecule has 3 heterocycles. The third-order valence-electron chi connectivity index (χ3n) is 3.78. The summed E-state index contributed by atoms with van der Waals surface area (Å²) in [5, 5.41) is 5.39. The Hall–Kier alpha value is -1.62. The first-order chi connectivity index (χ1) is 9.70. The molecular formula is C15H20N4S. The van der Waals surface area contributed by atoms with Crippen LogP contribution in [0.15, 0.2) is 17.8 Å². The first kappa shape index (κ1) is 13.4. The topological polar surface area (TPSA) is 41.1 Å². The van der Waals surface area contributed by atoms with Gasteiger partial charge in [0.2, 0.25) is 0 Å². The van der Waals surface area contributed by atoms with E-state index in [1.165, 1.54) is 16.0 Å². The van der Waals surface area contributed by atoms with Crippen molar-refractivity contribution < 1.29 is 0 Å². The highest BCUT2D eigenvalue weighted by Crippen LogP contribution is 2.34. The van der Waals surface area contributed by atoms with Crippen LogP contribution in [-0.4, -0.2) is 23.6 Å². The van der Waals surface area contributed by atoms with Crippen LogP contribution in [0.1, 0.15) is 35.8 Å². The summed E-state index contributed by atoms with van der Waals surface area (Å²) in [6, 6.07) is 2.24. The summed E-state index contributed by atoms with van der Waals surface area (Å²) in [6.07, 6.45) is 2.78. The van der Waals surface area contributed by atoms with E-state index in [0.29, 0.717) is 5.92 Å². The zero-order chi connectivity index (χ0) is 14.1. The minimum atomic E-state index is 0.400. The maximum Gasteiger partial charge on any atom is 0.137 e. The lowest BCUT2D eigenvalue weighted by molar-refractivity contribution is 0.714. The smallest absolute Gasteiger partial charge is 0.137 e. The SMILES string of the molecule is CNc1ncnc(N2CCc3sccc3C2)c1C(C)C. The Balaban J connectivity index is 1.99. The Bertz CT molecular complexity index is 606. The van der Waals surface area contributed by atoms with Gasteiger partial charge in [-0.05, 0) is 29.3 Å². The fourth-order valence-electron chi connectivity index (χ4n) is 2.80. The summed E-state index contributed by atoms with van der Waals surface area (Å²) >= 11 is 1.87. The van der Waals surface area contributed by atoms with Crippen LogP contribution in [0.5, 0.6) is 0 Å². The molecule has 2 aromatic rings. The second-order valence-electron chi connectivity index (χ2n) is 5.40. The number of hydrogen-bond acceptors (Lipinski definition) is 5. The van der Waals surface area contributed by atoms with Crippen LogP contribution in [0.2, 0.25) is 0 Å². The van der Waals surface area contributed by atoms with E-state index < -0.39 is 0 Å². The average molecular weight is 288 g/mol. The van der Waals surface area contributed by atoms with Crippen molar-refractivity contribution in [1.29, 1.82) is 0 Å². The van der Waals surface area contributed by atoms with Gasteiger partial charge in [0.1, 0.15) is 18.0 Å². The zero-order valence-electron chi connectivity index (χ0n) is 12.2. The lowest BCUT2D eigenvalue weighted by atomic mass is 10.0. The van der Waals surface area contributed by atoms with Crippen LogP contribution >= 0.6 is 11.3 Å². The molecular weight excluding hydrogens is 268 g/mol. The molecule has 2 aromatic heterocycles. The molecule has 0 aromatic carbocycles. The number of anilines is 2. The van der Waals surface area contributed by atoms with Crippen LogP contribution in [0.4, 0.5) is 11.6 Å². The number of rotatable bonds is 3. The van der Waals surface area contributed by atoms with Gasteiger partial charge >= 0.3 is 0 Å². The fraction of sp³-hybridized carbons (Fsp3) is 0.467. The van der Waals surface area contributed by atoms with E-state index in [1.54, 1.807) is 6.33 Å². The van der Waals surface area contributed by atoms with Crippen LogP contribution in [-0.2, 0) is 13.0 Å². The molecule has 4 nitrogen and oxygen atoms in total. The second-order valence-corrected chi connectivity index (χ2v) is 6.41. The number of aromatic nitrogens is 2. The lowest BCUT2D eigenvalue weighted by Crippen LogP contribution is -2.31. The highest BCUT2D eigenvalue weighted by atomic mass is 32.1. The Morgan fingerprint density at radius 3 is 2.95 bits per heavy atom. The van der Waals surface area contributed by atoms with Gasteiger partial charge in [-0.25, -0.2) is 9.97 Å². The summed E-state index contributed by atoms with van der Waals surface area (Å²) in [5.74, 6) is 2.43. The van der Waals surface area contributed by atoms with Crippen molar-refractivity contribution in [2.24, 2.45) is 0 Å². The van der Waals surface area contributed by atoms with Crippen LogP contribution in [0.25, 0.3) is 0 Å². The number of hydrogen-bond donors (Lipinski definition) is 1. The van der Waals surface area contributed by atoms with Crippen LogP contribution in [0, 0.1) is 0 Å². The summed E-state index contributed by atoms with van der Waals surface area (Å²) < 4.78 is 0. The van der Waals surface area contributed by atoms with Gasteiger partial charge in [-0.3, -0.25) is 0 Å². The highest BCUT2D eigenvalue weighted by Gasteiger charge is 2.23. The van der Waals surface area contributed by atoms with E-state index in [4.69, 9.17) is 0 Å². The van der Waals surface area contributed by atoms with Crippen LogP contribution in [0.3, 0.4) is 0 Å².